The van der Waals surface area contributed by atoms with Crippen LogP contribution in [-0.4, -0.2) is 37.2 Å². The van der Waals surface area contributed by atoms with Crippen LogP contribution in [0.25, 0.3) is 0 Å². The molecular formula is C17H28N2O. The summed E-state index contributed by atoms with van der Waals surface area (Å²) in [5.74, 6) is 0. The van der Waals surface area contributed by atoms with Gasteiger partial charge in [0, 0.05) is 26.2 Å². The highest BCUT2D eigenvalue weighted by Crippen LogP contribution is 2.13. The monoisotopic (exact) mass is 276 g/mol. The lowest BCUT2D eigenvalue weighted by Gasteiger charge is -2.32. The topological polar surface area (TPSA) is 24.5 Å². The maximum absolute atomic E-state index is 5.72. The van der Waals surface area contributed by atoms with Gasteiger partial charge in [0.2, 0.25) is 0 Å². The molecular weight excluding hydrogens is 248 g/mol. The normalized spacial score (nSPS) is 20.2. The van der Waals surface area contributed by atoms with Gasteiger partial charge >= 0.3 is 0 Å². The summed E-state index contributed by atoms with van der Waals surface area (Å²) in [5.41, 5.74) is 2.77. The SMILES string of the molecule is CCCNCc1ccc(CN2CCOC(CC)C2)cc1. The highest BCUT2D eigenvalue weighted by Gasteiger charge is 2.18. The van der Waals surface area contributed by atoms with Gasteiger partial charge in [0.1, 0.15) is 0 Å². The van der Waals surface area contributed by atoms with Crippen LogP contribution in [0.2, 0.25) is 0 Å². The molecule has 1 aromatic carbocycles. The summed E-state index contributed by atoms with van der Waals surface area (Å²) in [6, 6.07) is 9.02. The van der Waals surface area contributed by atoms with Crippen molar-refractivity contribution < 1.29 is 4.74 Å². The van der Waals surface area contributed by atoms with Crippen molar-refractivity contribution in [1.29, 1.82) is 0 Å². The molecule has 1 saturated heterocycles. The Morgan fingerprint density at radius 2 is 1.95 bits per heavy atom. The Morgan fingerprint density at radius 3 is 2.65 bits per heavy atom. The molecule has 3 nitrogen and oxygen atoms in total. The van der Waals surface area contributed by atoms with Gasteiger partial charge in [-0.1, -0.05) is 38.1 Å². The second-order valence-corrected chi connectivity index (χ2v) is 5.63. The maximum Gasteiger partial charge on any atom is 0.0700 e. The van der Waals surface area contributed by atoms with Crippen LogP contribution >= 0.6 is 0 Å². The van der Waals surface area contributed by atoms with Crippen LogP contribution in [0.5, 0.6) is 0 Å². The van der Waals surface area contributed by atoms with Crippen LogP contribution < -0.4 is 5.32 Å². The average Bonchev–Trinajstić information content (AvgIpc) is 2.49. The highest BCUT2D eigenvalue weighted by molar-refractivity contribution is 5.22. The predicted molar refractivity (Wildman–Crippen MR) is 83.7 cm³/mol. The van der Waals surface area contributed by atoms with E-state index in [4.69, 9.17) is 4.74 Å². The van der Waals surface area contributed by atoms with Gasteiger partial charge in [-0.3, -0.25) is 4.90 Å². The third kappa shape index (κ3) is 4.89. The summed E-state index contributed by atoms with van der Waals surface area (Å²) in [5, 5.41) is 3.44. The molecule has 1 atom stereocenters. The van der Waals surface area contributed by atoms with Gasteiger partial charge in [-0.15, -0.1) is 0 Å². The molecule has 1 aliphatic rings. The van der Waals surface area contributed by atoms with Gasteiger partial charge in [-0.05, 0) is 30.5 Å². The number of benzene rings is 1. The minimum Gasteiger partial charge on any atom is -0.376 e. The Hall–Kier alpha value is -0.900. The number of morpholine rings is 1. The second kappa shape index (κ2) is 8.40. The van der Waals surface area contributed by atoms with E-state index in [0.29, 0.717) is 6.10 Å². The lowest BCUT2D eigenvalue weighted by Crippen LogP contribution is -2.41. The molecule has 1 heterocycles. The van der Waals surface area contributed by atoms with Crippen molar-refractivity contribution in [1.82, 2.24) is 10.2 Å². The van der Waals surface area contributed by atoms with Gasteiger partial charge in [0.25, 0.3) is 0 Å². The van der Waals surface area contributed by atoms with E-state index in [-0.39, 0.29) is 0 Å². The summed E-state index contributed by atoms with van der Waals surface area (Å²) in [6.07, 6.45) is 2.72. The van der Waals surface area contributed by atoms with E-state index in [9.17, 15) is 0 Å². The summed E-state index contributed by atoms with van der Waals surface area (Å²) >= 11 is 0. The Morgan fingerprint density at radius 1 is 1.20 bits per heavy atom. The number of nitrogens with one attached hydrogen (secondary N) is 1. The van der Waals surface area contributed by atoms with Gasteiger partial charge < -0.3 is 10.1 Å². The van der Waals surface area contributed by atoms with Gasteiger partial charge in [0.05, 0.1) is 12.7 Å². The van der Waals surface area contributed by atoms with Crippen LogP contribution in [0.3, 0.4) is 0 Å². The van der Waals surface area contributed by atoms with Crippen LogP contribution in [-0.2, 0) is 17.8 Å². The molecule has 3 heteroatoms. The van der Waals surface area contributed by atoms with E-state index in [1.807, 2.05) is 0 Å². The average molecular weight is 276 g/mol. The first-order chi connectivity index (χ1) is 9.81. The van der Waals surface area contributed by atoms with Crippen molar-refractivity contribution in [2.24, 2.45) is 0 Å². The Balaban J connectivity index is 1.80. The molecule has 1 aromatic rings. The summed E-state index contributed by atoms with van der Waals surface area (Å²) < 4.78 is 5.72. The molecule has 0 aromatic heterocycles. The molecule has 0 radical (unpaired) electrons. The van der Waals surface area contributed by atoms with E-state index in [0.717, 1.165) is 45.8 Å². The molecule has 112 valence electrons. The standard InChI is InChI=1S/C17H28N2O/c1-3-9-18-12-15-5-7-16(8-6-15)13-19-10-11-20-17(4-2)14-19/h5-8,17-18H,3-4,9-14H2,1-2H3. The zero-order valence-electron chi connectivity index (χ0n) is 12.9. The van der Waals surface area contributed by atoms with Crippen LogP contribution in [0.15, 0.2) is 24.3 Å². The summed E-state index contributed by atoms with van der Waals surface area (Å²) in [6.45, 7) is 10.5. The molecule has 1 fully saturated rings. The Bertz CT molecular complexity index is 377. The lowest BCUT2D eigenvalue weighted by atomic mass is 10.1. The molecule has 0 saturated carbocycles. The van der Waals surface area contributed by atoms with Crippen molar-refractivity contribution in [3.8, 4) is 0 Å². The van der Waals surface area contributed by atoms with E-state index in [2.05, 4.69) is 48.3 Å². The van der Waals surface area contributed by atoms with Gasteiger partial charge in [-0.25, -0.2) is 0 Å². The van der Waals surface area contributed by atoms with E-state index < -0.39 is 0 Å². The quantitative estimate of drug-likeness (QED) is 0.775. The smallest absolute Gasteiger partial charge is 0.0700 e. The molecule has 0 aliphatic carbocycles. The number of hydrogen-bond acceptors (Lipinski definition) is 3. The van der Waals surface area contributed by atoms with E-state index in [1.165, 1.54) is 17.5 Å². The lowest BCUT2D eigenvalue weighted by molar-refractivity contribution is -0.0324. The maximum atomic E-state index is 5.72. The number of hydrogen-bond donors (Lipinski definition) is 1. The Kier molecular flexibility index (Phi) is 6.51. The van der Waals surface area contributed by atoms with E-state index in [1.54, 1.807) is 0 Å². The highest BCUT2D eigenvalue weighted by atomic mass is 16.5. The molecule has 1 N–H and O–H groups in total. The zero-order chi connectivity index (χ0) is 14.2. The fourth-order valence-electron chi connectivity index (χ4n) is 2.60. The summed E-state index contributed by atoms with van der Waals surface area (Å²) in [4.78, 5) is 2.50. The predicted octanol–water partition coefficient (Wildman–Crippen LogP) is 2.80. The zero-order valence-corrected chi connectivity index (χ0v) is 12.9. The first kappa shape index (κ1) is 15.5. The summed E-state index contributed by atoms with van der Waals surface area (Å²) in [7, 11) is 0. The molecule has 0 bridgehead atoms. The first-order valence-electron chi connectivity index (χ1n) is 7.94. The number of ether oxygens (including phenoxy) is 1. The molecule has 0 spiro atoms. The fraction of sp³-hybridized carbons (Fsp3) is 0.647. The second-order valence-electron chi connectivity index (χ2n) is 5.63. The molecule has 1 aliphatic heterocycles. The minimum absolute atomic E-state index is 0.418. The van der Waals surface area contributed by atoms with Gasteiger partial charge in [0.15, 0.2) is 0 Å². The van der Waals surface area contributed by atoms with Crippen LogP contribution in [0.4, 0.5) is 0 Å². The molecule has 20 heavy (non-hydrogen) atoms. The van der Waals surface area contributed by atoms with Crippen molar-refractivity contribution in [3.05, 3.63) is 35.4 Å². The molecule has 0 amide bonds. The van der Waals surface area contributed by atoms with Crippen LogP contribution in [0, 0.1) is 0 Å². The molecule has 2 rings (SSSR count). The number of rotatable bonds is 7. The van der Waals surface area contributed by atoms with Crippen molar-refractivity contribution >= 4 is 0 Å². The van der Waals surface area contributed by atoms with Crippen molar-refractivity contribution in [2.75, 3.05) is 26.2 Å². The third-order valence-corrected chi connectivity index (χ3v) is 3.86. The minimum atomic E-state index is 0.418. The van der Waals surface area contributed by atoms with E-state index >= 15 is 0 Å². The Labute approximate surface area is 123 Å². The first-order valence-corrected chi connectivity index (χ1v) is 7.94. The van der Waals surface area contributed by atoms with Crippen molar-refractivity contribution in [3.63, 3.8) is 0 Å². The van der Waals surface area contributed by atoms with Gasteiger partial charge in [-0.2, -0.15) is 0 Å². The third-order valence-electron chi connectivity index (χ3n) is 3.86. The largest absolute Gasteiger partial charge is 0.376 e. The number of nitrogens with zero attached hydrogens (tertiary/aromatic N) is 1. The fourth-order valence-corrected chi connectivity index (χ4v) is 2.60. The molecule has 1 unspecified atom stereocenters. The van der Waals surface area contributed by atoms with Crippen LogP contribution in [0.1, 0.15) is 37.8 Å². The van der Waals surface area contributed by atoms with Crippen molar-refractivity contribution in [2.45, 2.75) is 45.9 Å².